The molecule has 2 heterocycles. The van der Waals surface area contributed by atoms with E-state index in [0.29, 0.717) is 12.1 Å². The fourth-order valence-corrected chi connectivity index (χ4v) is 2.33. The van der Waals surface area contributed by atoms with Crippen molar-refractivity contribution in [3.63, 3.8) is 0 Å². The molecule has 0 aromatic heterocycles. The van der Waals surface area contributed by atoms with Crippen molar-refractivity contribution in [2.45, 2.75) is 31.3 Å². The maximum Gasteiger partial charge on any atom is 0.245 e. The average Bonchev–Trinajstić information content (AvgIpc) is 2.32. The molecule has 2 N–H and O–H groups in total. The predicted octanol–water partition coefficient (Wildman–Crippen LogP) is 0.265. The fourth-order valence-electron chi connectivity index (χ4n) is 2.33. The Hall–Kier alpha value is -0.830. The van der Waals surface area contributed by atoms with E-state index in [4.69, 9.17) is 5.73 Å². The molecule has 66 valence electrons. The molecule has 0 saturated carbocycles. The third-order valence-electron chi connectivity index (χ3n) is 3.09. The van der Waals surface area contributed by atoms with Crippen LogP contribution in [0.5, 0.6) is 0 Å². The SMILES string of the molecule is CN1C2CC=C(C(N)=O)C1CC2. The molecule has 0 aliphatic carbocycles. The summed E-state index contributed by atoms with van der Waals surface area (Å²) >= 11 is 0. The summed E-state index contributed by atoms with van der Waals surface area (Å²) in [5, 5.41) is 0. The number of rotatable bonds is 1. The molecule has 1 amide bonds. The quantitative estimate of drug-likeness (QED) is 0.607. The highest BCUT2D eigenvalue weighted by atomic mass is 16.1. The fraction of sp³-hybridized carbons (Fsp3) is 0.667. The zero-order valence-electron chi connectivity index (χ0n) is 7.29. The monoisotopic (exact) mass is 166 g/mol. The lowest BCUT2D eigenvalue weighted by molar-refractivity contribution is -0.115. The zero-order valence-corrected chi connectivity index (χ0v) is 7.29. The van der Waals surface area contributed by atoms with Gasteiger partial charge >= 0.3 is 0 Å². The number of carbonyl (C=O) groups is 1. The Morgan fingerprint density at radius 3 is 3.08 bits per heavy atom. The van der Waals surface area contributed by atoms with E-state index in [1.54, 1.807) is 0 Å². The van der Waals surface area contributed by atoms with Crippen molar-refractivity contribution in [3.8, 4) is 0 Å². The van der Waals surface area contributed by atoms with Crippen LogP contribution in [0.15, 0.2) is 11.6 Å². The summed E-state index contributed by atoms with van der Waals surface area (Å²) in [6.07, 6.45) is 5.31. The van der Waals surface area contributed by atoms with E-state index in [1.807, 2.05) is 6.08 Å². The maximum atomic E-state index is 11.0. The van der Waals surface area contributed by atoms with Crippen LogP contribution in [-0.4, -0.2) is 29.9 Å². The average molecular weight is 166 g/mol. The van der Waals surface area contributed by atoms with E-state index in [0.717, 1.165) is 18.4 Å². The maximum absolute atomic E-state index is 11.0. The second-order valence-electron chi connectivity index (χ2n) is 3.67. The van der Waals surface area contributed by atoms with Gasteiger partial charge in [0.05, 0.1) is 0 Å². The number of carbonyl (C=O) groups excluding carboxylic acids is 1. The lowest BCUT2D eigenvalue weighted by atomic mass is 10.0. The molecule has 2 atom stereocenters. The van der Waals surface area contributed by atoms with Gasteiger partial charge in [0, 0.05) is 17.7 Å². The normalized spacial score (nSPS) is 34.9. The van der Waals surface area contributed by atoms with Crippen molar-refractivity contribution < 1.29 is 4.79 Å². The summed E-state index contributed by atoms with van der Waals surface area (Å²) < 4.78 is 0. The van der Waals surface area contributed by atoms with E-state index in [2.05, 4.69) is 11.9 Å². The van der Waals surface area contributed by atoms with Crippen LogP contribution in [0.3, 0.4) is 0 Å². The molecule has 0 aromatic carbocycles. The molecule has 3 nitrogen and oxygen atoms in total. The van der Waals surface area contributed by atoms with Crippen LogP contribution in [-0.2, 0) is 4.79 Å². The second kappa shape index (κ2) is 2.59. The summed E-state index contributed by atoms with van der Waals surface area (Å²) in [4.78, 5) is 13.3. The first-order valence-electron chi connectivity index (χ1n) is 4.42. The number of likely N-dealkylation sites (N-methyl/N-ethyl adjacent to an activating group) is 1. The van der Waals surface area contributed by atoms with E-state index < -0.39 is 0 Å². The summed E-state index contributed by atoms with van der Waals surface area (Å²) in [7, 11) is 2.08. The first-order chi connectivity index (χ1) is 5.70. The summed E-state index contributed by atoms with van der Waals surface area (Å²) in [5.74, 6) is -0.243. The van der Waals surface area contributed by atoms with Crippen LogP contribution >= 0.6 is 0 Å². The number of nitrogens with two attached hydrogens (primary N) is 1. The largest absolute Gasteiger partial charge is 0.366 e. The molecule has 2 rings (SSSR count). The first-order valence-corrected chi connectivity index (χ1v) is 4.42. The Morgan fingerprint density at radius 1 is 1.67 bits per heavy atom. The molecule has 2 aliphatic heterocycles. The third-order valence-corrected chi connectivity index (χ3v) is 3.09. The van der Waals surface area contributed by atoms with E-state index in [9.17, 15) is 4.79 Å². The van der Waals surface area contributed by atoms with Gasteiger partial charge in [-0.15, -0.1) is 0 Å². The van der Waals surface area contributed by atoms with Crippen molar-refractivity contribution in [1.82, 2.24) is 4.90 Å². The minimum atomic E-state index is -0.243. The van der Waals surface area contributed by atoms with E-state index >= 15 is 0 Å². The molecular weight excluding hydrogens is 152 g/mol. The van der Waals surface area contributed by atoms with Crippen LogP contribution in [0, 0.1) is 0 Å². The molecular formula is C9H14N2O. The van der Waals surface area contributed by atoms with Gasteiger partial charge in [-0.3, -0.25) is 9.69 Å². The van der Waals surface area contributed by atoms with Gasteiger partial charge < -0.3 is 5.73 Å². The zero-order chi connectivity index (χ0) is 8.72. The minimum Gasteiger partial charge on any atom is -0.366 e. The number of nitrogens with zero attached hydrogens (tertiary/aromatic N) is 1. The molecule has 1 fully saturated rings. The minimum absolute atomic E-state index is 0.243. The van der Waals surface area contributed by atoms with Crippen LogP contribution in [0.2, 0.25) is 0 Å². The second-order valence-corrected chi connectivity index (χ2v) is 3.67. The van der Waals surface area contributed by atoms with Gasteiger partial charge in [-0.05, 0) is 26.3 Å². The predicted molar refractivity (Wildman–Crippen MR) is 46.5 cm³/mol. The molecule has 0 radical (unpaired) electrons. The van der Waals surface area contributed by atoms with Crippen molar-refractivity contribution >= 4 is 5.91 Å². The van der Waals surface area contributed by atoms with Crippen LogP contribution in [0.25, 0.3) is 0 Å². The van der Waals surface area contributed by atoms with Crippen LogP contribution in [0.4, 0.5) is 0 Å². The number of primary amides is 1. The molecule has 2 unspecified atom stereocenters. The Kier molecular flexibility index (Phi) is 1.68. The Labute approximate surface area is 72.2 Å². The highest BCUT2D eigenvalue weighted by Crippen LogP contribution is 2.33. The standard InChI is InChI=1S/C9H14N2O/c1-11-6-2-4-7(9(10)12)8(11)5-3-6/h4,6,8H,2-3,5H2,1H3,(H2,10,12). The lowest BCUT2D eigenvalue weighted by Crippen LogP contribution is -2.40. The van der Waals surface area contributed by atoms with Gasteiger partial charge in [0.2, 0.25) is 5.91 Å². The Morgan fingerprint density at radius 2 is 2.42 bits per heavy atom. The van der Waals surface area contributed by atoms with Gasteiger partial charge in [-0.25, -0.2) is 0 Å². The van der Waals surface area contributed by atoms with Gasteiger partial charge in [0.15, 0.2) is 0 Å². The van der Waals surface area contributed by atoms with Crippen molar-refractivity contribution in [3.05, 3.63) is 11.6 Å². The highest BCUT2D eigenvalue weighted by molar-refractivity contribution is 5.93. The number of fused-ring (bicyclic) bond motifs is 2. The van der Waals surface area contributed by atoms with Gasteiger partial charge in [0.25, 0.3) is 0 Å². The van der Waals surface area contributed by atoms with E-state index in [1.165, 1.54) is 6.42 Å². The number of hydrogen-bond acceptors (Lipinski definition) is 2. The van der Waals surface area contributed by atoms with Crippen molar-refractivity contribution in [2.75, 3.05) is 7.05 Å². The summed E-state index contributed by atoms with van der Waals surface area (Å²) in [6, 6.07) is 0.958. The summed E-state index contributed by atoms with van der Waals surface area (Å²) in [6.45, 7) is 0. The first kappa shape index (κ1) is 7.80. The number of amides is 1. The molecule has 12 heavy (non-hydrogen) atoms. The summed E-state index contributed by atoms with van der Waals surface area (Å²) in [5.41, 5.74) is 6.11. The topological polar surface area (TPSA) is 46.3 Å². The molecule has 3 heteroatoms. The Balaban J connectivity index is 2.27. The molecule has 0 spiro atoms. The van der Waals surface area contributed by atoms with E-state index in [-0.39, 0.29) is 5.91 Å². The third kappa shape index (κ3) is 0.966. The molecule has 1 saturated heterocycles. The van der Waals surface area contributed by atoms with Crippen molar-refractivity contribution in [1.29, 1.82) is 0 Å². The van der Waals surface area contributed by atoms with Crippen molar-refractivity contribution in [2.24, 2.45) is 5.73 Å². The molecule has 2 bridgehead atoms. The lowest BCUT2D eigenvalue weighted by Gasteiger charge is -2.30. The molecule has 0 aromatic rings. The van der Waals surface area contributed by atoms with Crippen LogP contribution in [0.1, 0.15) is 19.3 Å². The smallest absolute Gasteiger partial charge is 0.245 e. The molecule has 2 aliphatic rings. The van der Waals surface area contributed by atoms with Gasteiger partial charge in [-0.1, -0.05) is 6.08 Å². The van der Waals surface area contributed by atoms with Gasteiger partial charge in [-0.2, -0.15) is 0 Å². The Bertz CT molecular complexity index is 247. The van der Waals surface area contributed by atoms with Gasteiger partial charge in [0.1, 0.15) is 0 Å². The van der Waals surface area contributed by atoms with Crippen LogP contribution < -0.4 is 5.73 Å². The number of hydrogen-bond donors (Lipinski definition) is 1. The highest BCUT2D eigenvalue weighted by Gasteiger charge is 2.37.